The van der Waals surface area contributed by atoms with Crippen LogP contribution in [0.15, 0.2) is 80.4 Å². The van der Waals surface area contributed by atoms with E-state index in [0.29, 0.717) is 0 Å². The van der Waals surface area contributed by atoms with Crippen LogP contribution >= 0.6 is 23.3 Å². The molecule has 132 valence electrons. The molecule has 0 aromatic carbocycles. The minimum Gasteiger partial charge on any atom is -0.365 e. The summed E-state index contributed by atoms with van der Waals surface area (Å²) < 4.78 is 19.5. The van der Waals surface area contributed by atoms with Crippen LogP contribution in [0.3, 0.4) is 0 Å². The number of hydrogen-bond acceptors (Lipinski definition) is 13. The molecular formula is C12H15N9O2S2. The minimum atomic E-state index is 0.847. The minimum absolute atomic E-state index is 0.847. The largest absolute Gasteiger partial charge is 0.365 e. The van der Waals surface area contributed by atoms with Gasteiger partial charge in [-0.25, -0.2) is 9.00 Å². The second kappa shape index (κ2) is 17.3. The van der Waals surface area contributed by atoms with Gasteiger partial charge >= 0.3 is 0 Å². The molecule has 1 aliphatic rings. The van der Waals surface area contributed by atoms with E-state index < -0.39 is 0 Å². The van der Waals surface area contributed by atoms with Gasteiger partial charge in [-0.1, -0.05) is 20.7 Å². The number of nitrogens with zero attached hydrogens (tertiary/aromatic N) is 8. The lowest BCUT2D eigenvalue weighted by atomic mass is 10.7. The van der Waals surface area contributed by atoms with E-state index in [0.717, 1.165) is 13.1 Å². The first-order valence-electron chi connectivity index (χ1n) is 6.71. The quantitative estimate of drug-likeness (QED) is 0.486. The Morgan fingerprint density at radius 2 is 1.68 bits per heavy atom. The molecule has 1 N–H and O–H groups in total. The summed E-state index contributed by atoms with van der Waals surface area (Å²) in [6, 6.07) is 3.63. The molecule has 0 amide bonds. The van der Waals surface area contributed by atoms with Gasteiger partial charge in [0, 0.05) is 11.6 Å². The van der Waals surface area contributed by atoms with Gasteiger partial charge in [-0.15, -0.1) is 0 Å². The summed E-state index contributed by atoms with van der Waals surface area (Å²) >= 11 is 2.68. The maximum Gasteiger partial charge on any atom is 0.123 e. The van der Waals surface area contributed by atoms with Crippen LogP contribution in [0.2, 0.25) is 0 Å². The van der Waals surface area contributed by atoms with Crippen LogP contribution in [0.25, 0.3) is 0 Å². The molecule has 0 unspecified atom stereocenters. The Morgan fingerprint density at radius 3 is 1.88 bits per heavy atom. The molecule has 4 aromatic heterocycles. The van der Waals surface area contributed by atoms with E-state index in [9.17, 15) is 0 Å². The highest BCUT2D eigenvalue weighted by Gasteiger charge is 1.84. The Labute approximate surface area is 151 Å². The summed E-state index contributed by atoms with van der Waals surface area (Å²) in [5, 5.41) is 18.8. The average Bonchev–Trinajstić information content (AvgIpc) is 3.55. The summed E-state index contributed by atoms with van der Waals surface area (Å²) in [6.07, 6.45) is 11.1. The molecule has 0 aliphatic carbocycles. The molecule has 5 heterocycles. The van der Waals surface area contributed by atoms with Gasteiger partial charge in [0.1, 0.15) is 6.26 Å². The smallest absolute Gasteiger partial charge is 0.123 e. The van der Waals surface area contributed by atoms with Crippen molar-refractivity contribution in [2.24, 2.45) is 10.3 Å². The first-order chi connectivity index (χ1) is 12.5. The first-order valence-corrected chi connectivity index (χ1v) is 8.28. The molecule has 0 saturated carbocycles. The highest BCUT2D eigenvalue weighted by Crippen LogP contribution is 1.84. The van der Waals surface area contributed by atoms with E-state index in [1.54, 1.807) is 30.9 Å². The van der Waals surface area contributed by atoms with Crippen molar-refractivity contribution >= 4 is 23.3 Å². The molecule has 0 radical (unpaired) electrons. The van der Waals surface area contributed by atoms with Crippen molar-refractivity contribution in [1.82, 2.24) is 34.0 Å². The van der Waals surface area contributed by atoms with E-state index in [2.05, 4.69) is 53.5 Å². The third kappa shape index (κ3) is 15.6. The molecule has 13 heteroatoms. The van der Waals surface area contributed by atoms with Crippen LogP contribution in [-0.4, -0.2) is 41.7 Å². The van der Waals surface area contributed by atoms with Crippen LogP contribution < -0.4 is 5.43 Å². The number of rotatable bonds is 0. The molecule has 0 spiro atoms. The van der Waals surface area contributed by atoms with Crippen LogP contribution in [-0.2, 0) is 0 Å². The Morgan fingerprint density at radius 1 is 0.840 bits per heavy atom. The predicted octanol–water partition coefficient (Wildman–Crippen LogP) is 2.38. The zero-order valence-electron chi connectivity index (χ0n) is 12.9. The van der Waals surface area contributed by atoms with Crippen molar-refractivity contribution in [3.05, 3.63) is 61.0 Å². The van der Waals surface area contributed by atoms with E-state index in [1.807, 2.05) is 11.4 Å². The second-order valence-electron chi connectivity index (χ2n) is 3.43. The number of nitrogens with one attached hydrogen (secondary N) is 1. The zero-order chi connectivity index (χ0) is 17.7. The molecule has 11 nitrogen and oxygen atoms in total. The Hall–Kier alpha value is -3.06. The van der Waals surface area contributed by atoms with Gasteiger partial charge in [0.15, 0.2) is 0 Å². The molecule has 0 fully saturated rings. The lowest BCUT2D eigenvalue weighted by Gasteiger charge is -1.72. The molecule has 25 heavy (non-hydrogen) atoms. The van der Waals surface area contributed by atoms with Crippen molar-refractivity contribution in [3.8, 4) is 0 Å². The summed E-state index contributed by atoms with van der Waals surface area (Å²) in [7, 11) is 0. The summed E-state index contributed by atoms with van der Waals surface area (Å²) in [4.78, 5) is 0. The fraction of sp³-hybridized carbons (Fsp3) is 0.167. The molecule has 1 aliphatic heterocycles. The summed E-state index contributed by atoms with van der Waals surface area (Å²) in [5.41, 5.74) is 2.68. The lowest BCUT2D eigenvalue weighted by molar-refractivity contribution is 0.307. The van der Waals surface area contributed by atoms with Crippen molar-refractivity contribution in [2.45, 2.75) is 0 Å². The van der Waals surface area contributed by atoms with Gasteiger partial charge in [-0.05, 0) is 23.7 Å². The maximum absolute atomic E-state index is 4.33. The second-order valence-corrected chi connectivity index (χ2v) is 4.71. The highest BCUT2D eigenvalue weighted by molar-refractivity contribution is 7.03. The third-order valence-corrected chi connectivity index (χ3v) is 2.68. The molecule has 0 atom stereocenters. The van der Waals surface area contributed by atoms with Gasteiger partial charge in [-0.3, -0.25) is 5.43 Å². The SMILES string of the molecule is C1CNN=N1.c1cnoc1.c1cnon1.c1cnsc1.c1cnsn1. The van der Waals surface area contributed by atoms with Crippen molar-refractivity contribution in [1.29, 1.82) is 0 Å². The van der Waals surface area contributed by atoms with Gasteiger partial charge < -0.3 is 4.52 Å². The summed E-state index contributed by atoms with van der Waals surface area (Å²) in [6.45, 7) is 1.76. The zero-order valence-corrected chi connectivity index (χ0v) is 14.5. The standard InChI is InChI=1S/C3H3NO.C3H3NS.C2H5N3.C2H2N2O.C2H2N2S/c5*1-2-4-5-3-1/h2*1-3H;1-2H2,(H,3,4);2*1-2H. The van der Waals surface area contributed by atoms with Crippen LogP contribution in [0, 0.1) is 0 Å². The average molecular weight is 381 g/mol. The monoisotopic (exact) mass is 381 g/mol. The van der Waals surface area contributed by atoms with Crippen molar-refractivity contribution < 1.29 is 9.15 Å². The van der Waals surface area contributed by atoms with E-state index in [-0.39, 0.29) is 0 Å². The molecule has 0 saturated heterocycles. The number of hydrogen-bond donors (Lipinski definition) is 1. The Kier molecular flexibility index (Phi) is 13.8. The van der Waals surface area contributed by atoms with Gasteiger partial charge in [-0.2, -0.15) is 13.9 Å². The fourth-order valence-electron chi connectivity index (χ4n) is 0.874. The first kappa shape index (κ1) is 20.0. The fourth-order valence-corrected chi connectivity index (χ4v) is 1.50. The predicted molar refractivity (Wildman–Crippen MR) is 90.5 cm³/mol. The molecular weight excluding hydrogens is 366 g/mol. The number of aromatic nitrogens is 6. The van der Waals surface area contributed by atoms with Gasteiger partial charge in [0.05, 0.1) is 55.8 Å². The van der Waals surface area contributed by atoms with Crippen molar-refractivity contribution in [2.75, 3.05) is 13.1 Å². The van der Waals surface area contributed by atoms with E-state index in [1.165, 1.54) is 41.9 Å². The van der Waals surface area contributed by atoms with Gasteiger partial charge in [0.25, 0.3) is 0 Å². The van der Waals surface area contributed by atoms with E-state index in [4.69, 9.17) is 0 Å². The summed E-state index contributed by atoms with van der Waals surface area (Å²) in [5.74, 6) is 0. The van der Waals surface area contributed by atoms with Crippen LogP contribution in [0.5, 0.6) is 0 Å². The molecule has 0 bridgehead atoms. The molecule has 5 rings (SSSR count). The third-order valence-electron chi connectivity index (χ3n) is 1.72. The normalized spacial score (nSPS) is 10.2. The Balaban J connectivity index is 0.000000156. The Bertz CT molecular complexity index is 478. The molecule has 4 aromatic rings. The van der Waals surface area contributed by atoms with Crippen LogP contribution in [0.1, 0.15) is 0 Å². The van der Waals surface area contributed by atoms with Crippen molar-refractivity contribution in [3.63, 3.8) is 0 Å². The van der Waals surface area contributed by atoms with Gasteiger partial charge in [0.2, 0.25) is 0 Å². The van der Waals surface area contributed by atoms with E-state index >= 15 is 0 Å². The topological polar surface area (TPSA) is 140 Å². The van der Waals surface area contributed by atoms with Crippen LogP contribution in [0.4, 0.5) is 0 Å². The highest BCUT2D eigenvalue weighted by atomic mass is 32.1. The lowest BCUT2D eigenvalue weighted by Crippen LogP contribution is -1.99. The maximum atomic E-state index is 4.33.